The van der Waals surface area contributed by atoms with E-state index in [-0.39, 0.29) is 0 Å². The molecule has 0 unspecified atom stereocenters. The monoisotopic (exact) mass is 378 g/mol. The lowest BCUT2D eigenvalue weighted by molar-refractivity contribution is 0.922. The summed E-state index contributed by atoms with van der Waals surface area (Å²) in [5.41, 5.74) is 7.38. The number of rotatable bonds is 7. The number of hydrogen-bond donors (Lipinski definition) is 0. The first-order chi connectivity index (χ1) is 14.3. The van der Waals surface area contributed by atoms with E-state index in [1.165, 1.54) is 28.7 Å². The van der Waals surface area contributed by atoms with Gasteiger partial charge in [0, 0.05) is 11.1 Å². The SMILES string of the molecule is CC/C=C/CCc1ccc(C#Cc2ccc(-c3ccc(CCC)cc3)cc2)cc1. The Hall–Kier alpha value is -3.04. The van der Waals surface area contributed by atoms with Gasteiger partial charge in [0.15, 0.2) is 0 Å². The van der Waals surface area contributed by atoms with Gasteiger partial charge in [0.1, 0.15) is 0 Å². The molecule has 29 heavy (non-hydrogen) atoms. The van der Waals surface area contributed by atoms with E-state index in [0.29, 0.717) is 0 Å². The Morgan fingerprint density at radius 3 is 1.62 bits per heavy atom. The molecular weight excluding hydrogens is 348 g/mol. The van der Waals surface area contributed by atoms with Gasteiger partial charge < -0.3 is 0 Å². The highest BCUT2D eigenvalue weighted by molar-refractivity contribution is 5.64. The van der Waals surface area contributed by atoms with Crippen LogP contribution in [-0.2, 0) is 12.8 Å². The molecule has 0 aliphatic rings. The molecule has 0 fully saturated rings. The van der Waals surface area contributed by atoms with Gasteiger partial charge in [-0.1, -0.05) is 92.8 Å². The average molecular weight is 379 g/mol. The van der Waals surface area contributed by atoms with E-state index in [0.717, 1.165) is 36.8 Å². The second-order valence-electron chi connectivity index (χ2n) is 7.39. The summed E-state index contributed by atoms with van der Waals surface area (Å²) >= 11 is 0. The highest BCUT2D eigenvalue weighted by Gasteiger charge is 1.98. The van der Waals surface area contributed by atoms with Gasteiger partial charge in [0.05, 0.1) is 0 Å². The number of hydrogen-bond acceptors (Lipinski definition) is 0. The molecule has 0 radical (unpaired) electrons. The number of allylic oxidation sites excluding steroid dienone is 2. The number of benzene rings is 3. The van der Waals surface area contributed by atoms with Crippen molar-refractivity contribution >= 4 is 0 Å². The minimum Gasteiger partial charge on any atom is -0.0888 e. The standard InChI is InChI=1S/C29H30/c1-3-5-6-7-9-25-10-12-26(13-11-25)14-15-27-18-22-29(23-19-27)28-20-16-24(8-4-2)17-21-28/h5-6,10-13,16-23H,3-4,7-9H2,1-2H3/b6-5+. The van der Waals surface area contributed by atoms with Gasteiger partial charge in [-0.2, -0.15) is 0 Å². The van der Waals surface area contributed by atoms with Crippen LogP contribution in [-0.4, -0.2) is 0 Å². The van der Waals surface area contributed by atoms with Crippen molar-refractivity contribution in [3.63, 3.8) is 0 Å². The quantitative estimate of drug-likeness (QED) is 0.293. The maximum absolute atomic E-state index is 3.28. The van der Waals surface area contributed by atoms with Gasteiger partial charge in [-0.05, 0) is 72.2 Å². The lowest BCUT2D eigenvalue weighted by Crippen LogP contribution is -1.85. The summed E-state index contributed by atoms with van der Waals surface area (Å²) in [5.74, 6) is 6.56. The molecule has 0 spiro atoms. The Kier molecular flexibility index (Phi) is 7.90. The summed E-state index contributed by atoms with van der Waals surface area (Å²) in [7, 11) is 0. The molecule has 3 rings (SSSR count). The Morgan fingerprint density at radius 1 is 0.586 bits per heavy atom. The molecule has 0 bridgehead atoms. The van der Waals surface area contributed by atoms with Crippen LogP contribution < -0.4 is 0 Å². The summed E-state index contributed by atoms with van der Waals surface area (Å²) in [4.78, 5) is 0. The first kappa shape index (κ1) is 20.7. The zero-order valence-electron chi connectivity index (χ0n) is 17.6. The van der Waals surface area contributed by atoms with Crippen LogP contribution in [0.3, 0.4) is 0 Å². The van der Waals surface area contributed by atoms with Gasteiger partial charge in [0.25, 0.3) is 0 Å². The summed E-state index contributed by atoms with van der Waals surface area (Å²) in [6, 6.07) is 26.1. The molecule has 0 aliphatic heterocycles. The summed E-state index contributed by atoms with van der Waals surface area (Å²) in [6.07, 6.45) is 10.1. The predicted octanol–water partition coefficient (Wildman–Crippen LogP) is 7.60. The second kappa shape index (κ2) is 11.1. The van der Waals surface area contributed by atoms with Crippen molar-refractivity contribution in [1.29, 1.82) is 0 Å². The van der Waals surface area contributed by atoms with Crippen molar-refractivity contribution in [2.75, 3.05) is 0 Å². The molecule has 0 heterocycles. The molecule has 0 aromatic heterocycles. The van der Waals surface area contributed by atoms with E-state index < -0.39 is 0 Å². The topological polar surface area (TPSA) is 0 Å². The third-order valence-electron chi connectivity index (χ3n) is 5.02. The first-order valence-electron chi connectivity index (χ1n) is 10.7. The van der Waals surface area contributed by atoms with Gasteiger partial charge in [-0.15, -0.1) is 0 Å². The first-order valence-corrected chi connectivity index (χ1v) is 10.7. The Morgan fingerprint density at radius 2 is 1.07 bits per heavy atom. The summed E-state index contributed by atoms with van der Waals surface area (Å²) in [6.45, 7) is 4.39. The molecule has 0 heteroatoms. The van der Waals surface area contributed by atoms with Gasteiger partial charge >= 0.3 is 0 Å². The van der Waals surface area contributed by atoms with Crippen LogP contribution in [0.25, 0.3) is 11.1 Å². The zero-order chi connectivity index (χ0) is 20.3. The summed E-state index contributed by atoms with van der Waals surface area (Å²) < 4.78 is 0. The fraction of sp³-hybridized carbons (Fsp3) is 0.241. The van der Waals surface area contributed by atoms with E-state index >= 15 is 0 Å². The van der Waals surface area contributed by atoms with E-state index in [9.17, 15) is 0 Å². The normalized spacial score (nSPS) is 10.7. The van der Waals surface area contributed by atoms with Crippen molar-refractivity contribution in [1.82, 2.24) is 0 Å². The zero-order valence-corrected chi connectivity index (χ0v) is 17.6. The van der Waals surface area contributed by atoms with Crippen LogP contribution in [0.4, 0.5) is 0 Å². The highest BCUT2D eigenvalue weighted by atomic mass is 14.0. The summed E-state index contributed by atoms with van der Waals surface area (Å²) in [5, 5.41) is 0. The lowest BCUT2D eigenvalue weighted by Gasteiger charge is -2.04. The maximum Gasteiger partial charge on any atom is 0.0249 e. The smallest absolute Gasteiger partial charge is 0.0249 e. The molecule has 0 aliphatic carbocycles. The van der Waals surface area contributed by atoms with Crippen LogP contribution >= 0.6 is 0 Å². The molecule has 146 valence electrons. The Balaban J connectivity index is 1.61. The van der Waals surface area contributed by atoms with Crippen LogP contribution in [0.1, 0.15) is 55.4 Å². The molecule has 0 nitrogen and oxygen atoms in total. The van der Waals surface area contributed by atoms with Crippen molar-refractivity contribution < 1.29 is 0 Å². The van der Waals surface area contributed by atoms with Crippen molar-refractivity contribution in [3.8, 4) is 23.0 Å². The van der Waals surface area contributed by atoms with Crippen LogP contribution in [0.2, 0.25) is 0 Å². The van der Waals surface area contributed by atoms with Crippen LogP contribution in [0.15, 0.2) is 84.9 Å². The molecule has 3 aromatic carbocycles. The maximum atomic E-state index is 3.28. The molecule has 0 atom stereocenters. The van der Waals surface area contributed by atoms with Crippen LogP contribution in [0.5, 0.6) is 0 Å². The Bertz CT molecular complexity index is 959. The fourth-order valence-corrected chi connectivity index (χ4v) is 3.33. The van der Waals surface area contributed by atoms with Crippen molar-refractivity contribution in [3.05, 3.63) is 107 Å². The molecule has 0 saturated heterocycles. The lowest BCUT2D eigenvalue weighted by atomic mass is 10.0. The van der Waals surface area contributed by atoms with Gasteiger partial charge in [-0.25, -0.2) is 0 Å². The van der Waals surface area contributed by atoms with E-state index in [1.54, 1.807) is 0 Å². The minimum absolute atomic E-state index is 1.05. The van der Waals surface area contributed by atoms with E-state index in [2.05, 4.69) is 111 Å². The third-order valence-corrected chi connectivity index (χ3v) is 5.02. The van der Waals surface area contributed by atoms with Gasteiger partial charge in [0.2, 0.25) is 0 Å². The third kappa shape index (κ3) is 6.51. The molecule has 0 N–H and O–H groups in total. The van der Waals surface area contributed by atoms with E-state index in [4.69, 9.17) is 0 Å². The molecule has 3 aromatic rings. The Labute approximate surface area is 176 Å². The average Bonchev–Trinajstić information content (AvgIpc) is 2.77. The van der Waals surface area contributed by atoms with Crippen molar-refractivity contribution in [2.24, 2.45) is 0 Å². The predicted molar refractivity (Wildman–Crippen MR) is 126 cm³/mol. The molecule has 0 saturated carbocycles. The largest absolute Gasteiger partial charge is 0.0888 e. The highest BCUT2D eigenvalue weighted by Crippen LogP contribution is 2.20. The van der Waals surface area contributed by atoms with Crippen LogP contribution in [0, 0.1) is 11.8 Å². The minimum atomic E-state index is 1.05. The second-order valence-corrected chi connectivity index (χ2v) is 7.39. The molecule has 0 amide bonds. The van der Waals surface area contributed by atoms with Gasteiger partial charge in [-0.3, -0.25) is 0 Å². The van der Waals surface area contributed by atoms with E-state index in [1.807, 2.05) is 0 Å². The fourth-order valence-electron chi connectivity index (χ4n) is 3.33. The number of aryl methyl sites for hydroxylation is 2. The van der Waals surface area contributed by atoms with Crippen molar-refractivity contribution in [2.45, 2.75) is 46.0 Å². The molecular formula is C29H30.